The number of carbonyl (C=O) groups excluding carboxylic acids is 2. The standard InChI is InChI=1S/C25H23N5O3S/c1-3-33-24(32)19(14-26)22(17-10-6-4-7-11-17)29-20(15-34-25(29)27)21-16(2)28-30(23(21)31)18-12-8-5-9-13-18/h4-13,15,19,21-22,27H,3H2,1-2H3. The molecule has 0 radical (unpaired) electrons. The number of esters is 1. The molecule has 0 saturated heterocycles. The third-order valence-corrected chi connectivity index (χ3v) is 6.41. The fourth-order valence-electron chi connectivity index (χ4n) is 4.13. The van der Waals surface area contributed by atoms with Gasteiger partial charge >= 0.3 is 5.97 Å². The van der Waals surface area contributed by atoms with E-state index in [1.165, 1.54) is 5.01 Å². The molecular formula is C25H23N5O3S. The van der Waals surface area contributed by atoms with Crippen molar-refractivity contribution in [2.24, 2.45) is 11.0 Å². The maximum absolute atomic E-state index is 13.5. The van der Waals surface area contributed by atoms with Crippen LogP contribution in [0, 0.1) is 22.7 Å². The number of nitrogens with zero attached hydrogens (tertiary/aromatic N) is 4. The molecule has 8 nitrogen and oxygen atoms in total. The quantitative estimate of drug-likeness (QED) is 0.526. The van der Waals surface area contributed by atoms with E-state index in [4.69, 9.17) is 10.1 Å². The largest absolute Gasteiger partial charge is 0.465 e. The zero-order chi connectivity index (χ0) is 24.2. The van der Waals surface area contributed by atoms with Crippen molar-refractivity contribution in [2.75, 3.05) is 11.6 Å². The maximum atomic E-state index is 13.5. The fourth-order valence-corrected chi connectivity index (χ4v) is 4.94. The lowest BCUT2D eigenvalue weighted by atomic mass is 9.92. The van der Waals surface area contributed by atoms with E-state index >= 15 is 0 Å². The molecule has 1 aromatic heterocycles. The second kappa shape index (κ2) is 9.85. The van der Waals surface area contributed by atoms with Gasteiger partial charge in [0, 0.05) is 11.1 Å². The second-order valence-corrected chi connectivity index (χ2v) is 8.57. The third kappa shape index (κ3) is 4.16. The summed E-state index contributed by atoms with van der Waals surface area (Å²) in [5, 5.41) is 26.2. The van der Waals surface area contributed by atoms with Crippen LogP contribution in [0.3, 0.4) is 0 Å². The van der Waals surface area contributed by atoms with Crippen LogP contribution in [0.4, 0.5) is 5.69 Å². The Morgan fingerprint density at radius 2 is 1.85 bits per heavy atom. The first-order valence-electron chi connectivity index (χ1n) is 10.8. The van der Waals surface area contributed by atoms with Crippen molar-refractivity contribution in [1.29, 1.82) is 10.7 Å². The number of anilines is 1. The maximum Gasteiger partial charge on any atom is 0.325 e. The number of nitrogens with one attached hydrogen (secondary N) is 1. The van der Waals surface area contributed by atoms with E-state index in [1.54, 1.807) is 48.1 Å². The first kappa shape index (κ1) is 23.1. The number of thiazole rings is 1. The first-order chi connectivity index (χ1) is 16.5. The molecule has 3 aromatic rings. The van der Waals surface area contributed by atoms with E-state index in [0.29, 0.717) is 22.7 Å². The molecule has 4 rings (SSSR count). The number of carbonyl (C=O) groups is 2. The van der Waals surface area contributed by atoms with Crippen molar-refractivity contribution in [3.63, 3.8) is 0 Å². The van der Waals surface area contributed by atoms with Gasteiger partial charge in [0.15, 0.2) is 10.7 Å². The van der Waals surface area contributed by atoms with Crippen molar-refractivity contribution in [1.82, 2.24) is 4.57 Å². The highest BCUT2D eigenvalue weighted by atomic mass is 32.1. The summed E-state index contributed by atoms with van der Waals surface area (Å²) in [5.41, 5.74) is 2.39. The van der Waals surface area contributed by atoms with Crippen molar-refractivity contribution in [2.45, 2.75) is 25.8 Å². The second-order valence-electron chi connectivity index (χ2n) is 7.71. The van der Waals surface area contributed by atoms with Gasteiger partial charge in [0.05, 0.1) is 30.1 Å². The molecular weight excluding hydrogens is 450 g/mol. The van der Waals surface area contributed by atoms with E-state index in [-0.39, 0.29) is 17.3 Å². The number of rotatable bonds is 7. The summed E-state index contributed by atoms with van der Waals surface area (Å²) < 4.78 is 6.78. The monoisotopic (exact) mass is 473 g/mol. The Bertz CT molecular complexity index is 1320. The summed E-state index contributed by atoms with van der Waals surface area (Å²) in [5.74, 6) is -2.88. The summed E-state index contributed by atoms with van der Waals surface area (Å²) in [4.78, 5) is 26.4. The van der Waals surface area contributed by atoms with Gasteiger partial charge in [-0.1, -0.05) is 48.5 Å². The minimum absolute atomic E-state index is 0.118. The van der Waals surface area contributed by atoms with Crippen LogP contribution in [0.25, 0.3) is 0 Å². The van der Waals surface area contributed by atoms with Crippen molar-refractivity contribution in [3.8, 4) is 6.07 Å². The average molecular weight is 474 g/mol. The Balaban J connectivity index is 1.84. The van der Waals surface area contributed by atoms with E-state index in [0.717, 1.165) is 11.3 Å². The molecule has 9 heteroatoms. The Kier molecular flexibility index (Phi) is 6.70. The summed E-state index contributed by atoms with van der Waals surface area (Å²) in [6.07, 6.45) is 0. The predicted molar refractivity (Wildman–Crippen MR) is 128 cm³/mol. The predicted octanol–water partition coefficient (Wildman–Crippen LogP) is 3.83. The van der Waals surface area contributed by atoms with Crippen LogP contribution in [-0.4, -0.2) is 28.8 Å². The number of amides is 1. The average Bonchev–Trinajstić information content (AvgIpc) is 3.36. The lowest BCUT2D eigenvalue weighted by Gasteiger charge is -2.26. The van der Waals surface area contributed by atoms with Crippen LogP contribution in [0.1, 0.15) is 37.1 Å². The summed E-state index contributed by atoms with van der Waals surface area (Å²) >= 11 is 1.14. The molecule has 2 heterocycles. The number of para-hydroxylation sites is 1. The van der Waals surface area contributed by atoms with Gasteiger partial charge in [-0.05, 0) is 31.5 Å². The lowest BCUT2D eigenvalue weighted by Crippen LogP contribution is -2.36. The van der Waals surface area contributed by atoms with Gasteiger partial charge in [-0.15, -0.1) is 11.3 Å². The molecule has 1 N–H and O–H groups in total. The van der Waals surface area contributed by atoms with Gasteiger partial charge < -0.3 is 9.30 Å². The molecule has 0 spiro atoms. The van der Waals surface area contributed by atoms with Gasteiger partial charge in [-0.3, -0.25) is 15.0 Å². The van der Waals surface area contributed by atoms with Gasteiger partial charge in [-0.2, -0.15) is 15.4 Å². The number of aromatic nitrogens is 1. The lowest BCUT2D eigenvalue weighted by molar-refractivity contribution is -0.147. The Labute approximate surface area is 200 Å². The topological polar surface area (TPSA) is 112 Å². The van der Waals surface area contributed by atoms with Crippen LogP contribution in [0.15, 0.2) is 71.1 Å². The molecule has 3 atom stereocenters. The molecule has 2 aromatic carbocycles. The molecule has 172 valence electrons. The van der Waals surface area contributed by atoms with Crippen LogP contribution in [0.5, 0.6) is 0 Å². The molecule has 0 fully saturated rings. The SMILES string of the molecule is CCOC(=O)C(C#N)C(c1ccccc1)n1c(C2C(=O)N(c3ccccc3)N=C2C)csc1=N. The van der Waals surface area contributed by atoms with Crippen molar-refractivity contribution < 1.29 is 14.3 Å². The smallest absolute Gasteiger partial charge is 0.325 e. The summed E-state index contributed by atoms with van der Waals surface area (Å²) in [6.45, 7) is 3.58. The number of nitriles is 1. The highest BCUT2D eigenvalue weighted by Crippen LogP contribution is 2.35. The summed E-state index contributed by atoms with van der Waals surface area (Å²) in [6, 6.07) is 19.4. The van der Waals surface area contributed by atoms with Crippen molar-refractivity contribution in [3.05, 3.63) is 82.1 Å². The number of hydrogen-bond acceptors (Lipinski definition) is 7. The van der Waals surface area contributed by atoms with Crippen LogP contribution < -0.4 is 9.81 Å². The van der Waals surface area contributed by atoms with Gasteiger partial charge in [0.25, 0.3) is 5.91 Å². The van der Waals surface area contributed by atoms with Gasteiger partial charge in [0.1, 0.15) is 5.92 Å². The third-order valence-electron chi connectivity index (χ3n) is 5.63. The molecule has 1 amide bonds. The fraction of sp³-hybridized carbons (Fsp3) is 0.240. The minimum Gasteiger partial charge on any atom is -0.465 e. The molecule has 0 aliphatic carbocycles. The molecule has 34 heavy (non-hydrogen) atoms. The number of hydrogen-bond donors (Lipinski definition) is 1. The highest BCUT2D eigenvalue weighted by molar-refractivity contribution is 7.07. The Morgan fingerprint density at radius 1 is 1.21 bits per heavy atom. The Morgan fingerprint density at radius 3 is 2.47 bits per heavy atom. The molecule has 1 aliphatic heterocycles. The van der Waals surface area contributed by atoms with Gasteiger partial charge in [0.2, 0.25) is 0 Å². The Hall–Kier alpha value is -4.03. The number of ether oxygens (including phenoxy) is 1. The normalized spacial score (nSPS) is 17.1. The molecule has 3 unspecified atom stereocenters. The summed E-state index contributed by atoms with van der Waals surface area (Å²) in [7, 11) is 0. The number of hydrazone groups is 1. The highest BCUT2D eigenvalue weighted by Gasteiger charge is 2.41. The molecule has 1 aliphatic rings. The molecule has 0 saturated carbocycles. The van der Waals surface area contributed by atoms with E-state index < -0.39 is 23.8 Å². The van der Waals surface area contributed by atoms with Crippen LogP contribution >= 0.6 is 11.3 Å². The minimum atomic E-state index is -1.20. The zero-order valence-electron chi connectivity index (χ0n) is 18.7. The van der Waals surface area contributed by atoms with E-state index in [1.807, 2.05) is 36.4 Å². The van der Waals surface area contributed by atoms with Crippen LogP contribution in [0.2, 0.25) is 0 Å². The van der Waals surface area contributed by atoms with Gasteiger partial charge in [-0.25, -0.2) is 0 Å². The molecule has 0 bridgehead atoms. The first-order valence-corrected chi connectivity index (χ1v) is 11.7. The zero-order valence-corrected chi connectivity index (χ0v) is 19.5. The van der Waals surface area contributed by atoms with Crippen molar-refractivity contribution >= 4 is 34.6 Å². The number of benzene rings is 2. The van der Waals surface area contributed by atoms with E-state index in [9.17, 15) is 14.9 Å². The van der Waals surface area contributed by atoms with Crippen LogP contribution in [-0.2, 0) is 14.3 Å². The van der Waals surface area contributed by atoms with E-state index in [2.05, 4.69) is 11.2 Å².